The van der Waals surface area contributed by atoms with Crippen molar-refractivity contribution in [3.8, 4) is 0 Å². The number of amidine groups is 1. The number of oxime groups is 1. The van der Waals surface area contributed by atoms with Crippen LogP contribution in [-0.4, -0.2) is 34.4 Å². The van der Waals surface area contributed by atoms with Gasteiger partial charge in [-0.3, -0.25) is 4.79 Å². The minimum Gasteiger partial charge on any atom is -0.459 e. The fraction of sp³-hybridized carbons (Fsp3) is 0.500. The van der Waals surface area contributed by atoms with Crippen molar-refractivity contribution in [3.05, 3.63) is 23.7 Å². The maximum Gasteiger partial charge on any atom is 0.290 e. The van der Waals surface area contributed by atoms with Crippen LogP contribution in [0.5, 0.6) is 0 Å². The van der Waals surface area contributed by atoms with Crippen molar-refractivity contribution >= 4 is 11.7 Å². The highest BCUT2D eigenvalue weighted by atomic mass is 16.4. The molecule has 1 unspecified atom stereocenters. The molecule has 6 nitrogen and oxygen atoms in total. The molecule has 6 heteroatoms. The fourth-order valence-corrected chi connectivity index (χ4v) is 2.27. The Bertz CT molecular complexity index is 467. The summed E-state index contributed by atoms with van der Waals surface area (Å²) in [4.78, 5) is 14.0. The summed E-state index contributed by atoms with van der Waals surface area (Å²) in [6, 6.07) is 1.40. The molecule has 1 aromatic heterocycles. The lowest BCUT2D eigenvalue weighted by atomic mass is 10.0. The third-order valence-corrected chi connectivity index (χ3v) is 3.28. The largest absolute Gasteiger partial charge is 0.459 e. The molecule has 0 saturated carbocycles. The number of piperidine rings is 1. The van der Waals surface area contributed by atoms with Crippen LogP contribution >= 0.6 is 0 Å². The standard InChI is InChI=1S/C12H17N3O3/c1-8-5-7-18-10(8)12(16)15-6-3-2-4-9(15)11(13)14-17/h5,7,9,17H,2-4,6H2,1H3,(H2,13,14). The van der Waals surface area contributed by atoms with E-state index in [0.717, 1.165) is 18.4 Å². The second-order valence-corrected chi connectivity index (χ2v) is 4.47. The maximum atomic E-state index is 12.4. The molecule has 1 saturated heterocycles. The molecule has 0 radical (unpaired) electrons. The molecule has 2 rings (SSSR count). The molecule has 0 spiro atoms. The lowest BCUT2D eigenvalue weighted by Crippen LogP contribution is -2.50. The lowest BCUT2D eigenvalue weighted by Gasteiger charge is -2.34. The number of rotatable bonds is 2. The topological polar surface area (TPSA) is 92.1 Å². The third-order valence-electron chi connectivity index (χ3n) is 3.28. The smallest absolute Gasteiger partial charge is 0.290 e. The summed E-state index contributed by atoms with van der Waals surface area (Å²) in [5, 5.41) is 11.8. The minimum atomic E-state index is -0.347. The van der Waals surface area contributed by atoms with Crippen LogP contribution in [-0.2, 0) is 0 Å². The molecule has 1 fully saturated rings. The number of furan rings is 1. The first-order valence-electron chi connectivity index (χ1n) is 5.97. The summed E-state index contributed by atoms with van der Waals surface area (Å²) in [6.07, 6.45) is 4.08. The Morgan fingerprint density at radius 3 is 3.00 bits per heavy atom. The average Bonchev–Trinajstić information content (AvgIpc) is 2.83. The molecule has 0 bridgehead atoms. The number of likely N-dealkylation sites (tertiary alicyclic amines) is 1. The van der Waals surface area contributed by atoms with E-state index in [1.807, 2.05) is 6.92 Å². The van der Waals surface area contributed by atoms with Crippen molar-refractivity contribution in [1.82, 2.24) is 4.90 Å². The van der Waals surface area contributed by atoms with Gasteiger partial charge in [-0.2, -0.15) is 0 Å². The molecule has 1 atom stereocenters. The van der Waals surface area contributed by atoms with Gasteiger partial charge >= 0.3 is 0 Å². The number of amides is 1. The first kappa shape index (κ1) is 12.5. The van der Waals surface area contributed by atoms with Gasteiger partial charge in [-0.1, -0.05) is 5.16 Å². The van der Waals surface area contributed by atoms with Crippen LogP contribution in [0, 0.1) is 6.92 Å². The number of nitrogens with two attached hydrogens (primary N) is 1. The Morgan fingerprint density at radius 2 is 2.39 bits per heavy atom. The van der Waals surface area contributed by atoms with E-state index in [0.29, 0.717) is 18.7 Å². The normalized spacial score (nSPS) is 21.1. The van der Waals surface area contributed by atoms with E-state index < -0.39 is 0 Å². The molecule has 1 amide bonds. The Morgan fingerprint density at radius 1 is 1.61 bits per heavy atom. The van der Waals surface area contributed by atoms with Crippen molar-refractivity contribution in [2.45, 2.75) is 32.2 Å². The number of hydrogen-bond acceptors (Lipinski definition) is 4. The van der Waals surface area contributed by atoms with Gasteiger partial charge in [0.15, 0.2) is 11.6 Å². The molecular formula is C12H17N3O3. The number of nitrogens with zero attached hydrogens (tertiary/aromatic N) is 2. The Hall–Kier alpha value is -1.98. The third kappa shape index (κ3) is 2.18. The van der Waals surface area contributed by atoms with Gasteiger partial charge in [-0.15, -0.1) is 0 Å². The van der Waals surface area contributed by atoms with Gasteiger partial charge in [0, 0.05) is 12.1 Å². The average molecular weight is 251 g/mol. The second kappa shape index (κ2) is 5.12. The van der Waals surface area contributed by atoms with E-state index in [-0.39, 0.29) is 17.8 Å². The highest BCUT2D eigenvalue weighted by Gasteiger charge is 2.32. The first-order chi connectivity index (χ1) is 8.65. The van der Waals surface area contributed by atoms with Gasteiger partial charge in [0.2, 0.25) is 0 Å². The van der Waals surface area contributed by atoms with E-state index in [9.17, 15) is 4.79 Å². The number of carbonyl (C=O) groups is 1. The summed E-state index contributed by atoms with van der Waals surface area (Å²) >= 11 is 0. The monoisotopic (exact) mass is 251 g/mol. The van der Waals surface area contributed by atoms with Gasteiger partial charge in [0.1, 0.15) is 0 Å². The molecule has 98 valence electrons. The van der Waals surface area contributed by atoms with Gasteiger partial charge in [0.25, 0.3) is 5.91 Å². The molecule has 0 aliphatic carbocycles. The number of carbonyl (C=O) groups excluding carboxylic acids is 1. The molecule has 1 aliphatic rings. The zero-order valence-corrected chi connectivity index (χ0v) is 10.3. The van der Waals surface area contributed by atoms with Gasteiger partial charge < -0.3 is 20.3 Å². The van der Waals surface area contributed by atoms with Crippen LogP contribution in [0.4, 0.5) is 0 Å². The highest BCUT2D eigenvalue weighted by molar-refractivity contribution is 5.97. The van der Waals surface area contributed by atoms with Crippen molar-refractivity contribution in [2.24, 2.45) is 10.9 Å². The van der Waals surface area contributed by atoms with Gasteiger partial charge in [-0.25, -0.2) is 0 Å². The summed E-state index contributed by atoms with van der Waals surface area (Å²) in [5.41, 5.74) is 6.44. The summed E-state index contributed by atoms with van der Waals surface area (Å²) < 4.78 is 5.21. The molecule has 18 heavy (non-hydrogen) atoms. The Balaban J connectivity index is 2.24. The van der Waals surface area contributed by atoms with Crippen molar-refractivity contribution in [1.29, 1.82) is 0 Å². The first-order valence-corrected chi connectivity index (χ1v) is 5.97. The molecule has 1 aromatic rings. The second-order valence-electron chi connectivity index (χ2n) is 4.47. The van der Waals surface area contributed by atoms with E-state index in [2.05, 4.69) is 5.16 Å². The van der Waals surface area contributed by atoms with Crippen molar-refractivity contribution in [3.63, 3.8) is 0 Å². The van der Waals surface area contributed by atoms with Crippen LogP contribution in [0.1, 0.15) is 35.4 Å². The lowest BCUT2D eigenvalue weighted by molar-refractivity contribution is 0.0643. The van der Waals surface area contributed by atoms with Gasteiger partial charge in [0.05, 0.1) is 12.3 Å². The van der Waals surface area contributed by atoms with Crippen molar-refractivity contribution in [2.75, 3.05) is 6.54 Å². The van der Waals surface area contributed by atoms with Crippen LogP contribution in [0.3, 0.4) is 0 Å². The molecule has 3 N–H and O–H groups in total. The highest BCUT2D eigenvalue weighted by Crippen LogP contribution is 2.21. The zero-order valence-electron chi connectivity index (χ0n) is 10.3. The van der Waals surface area contributed by atoms with E-state index >= 15 is 0 Å². The Kier molecular flexibility index (Phi) is 3.55. The SMILES string of the molecule is Cc1ccoc1C(=O)N1CCCCC1C(N)=NO. The number of aryl methyl sites for hydroxylation is 1. The summed E-state index contributed by atoms with van der Waals surface area (Å²) in [6.45, 7) is 2.42. The van der Waals surface area contributed by atoms with Crippen LogP contribution in [0.2, 0.25) is 0 Å². The summed E-state index contributed by atoms with van der Waals surface area (Å²) in [5.74, 6) is 0.202. The zero-order chi connectivity index (χ0) is 13.1. The molecule has 0 aromatic carbocycles. The van der Waals surface area contributed by atoms with E-state index in [1.165, 1.54) is 6.26 Å². The van der Waals surface area contributed by atoms with E-state index in [1.54, 1.807) is 11.0 Å². The molecule has 2 heterocycles. The Labute approximate surface area is 105 Å². The number of hydrogen-bond donors (Lipinski definition) is 2. The van der Waals surface area contributed by atoms with Crippen molar-refractivity contribution < 1.29 is 14.4 Å². The minimum absolute atomic E-state index is 0.0762. The predicted octanol–water partition coefficient (Wildman–Crippen LogP) is 1.33. The maximum absolute atomic E-state index is 12.4. The predicted molar refractivity (Wildman–Crippen MR) is 65.5 cm³/mol. The van der Waals surface area contributed by atoms with Crippen LogP contribution in [0.25, 0.3) is 0 Å². The van der Waals surface area contributed by atoms with Gasteiger partial charge in [-0.05, 0) is 32.3 Å². The van der Waals surface area contributed by atoms with Crippen LogP contribution < -0.4 is 5.73 Å². The van der Waals surface area contributed by atoms with Crippen LogP contribution in [0.15, 0.2) is 21.9 Å². The summed E-state index contributed by atoms with van der Waals surface area (Å²) in [7, 11) is 0. The quantitative estimate of drug-likeness (QED) is 0.359. The fourth-order valence-electron chi connectivity index (χ4n) is 2.27. The molecular weight excluding hydrogens is 234 g/mol. The molecule has 1 aliphatic heterocycles. The van der Waals surface area contributed by atoms with E-state index in [4.69, 9.17) is 15.4 Å².